The number of anilines is 2. The van der Waals surface area contributed by atoms with Crippen LogP contribution in [0.3, 0.4) is 0 Å². The van der Waals surface area contributed by atoms with Crippen molar-refractivity contribution in [3.05, 3.63) is 35.9 Å². The monoisotopic (exact) mass is 328 g/mol. The Labute approximate surface area is 139 Å². The number of piperidine rings is 1. The quantitative estimate of drug-likeness (QED) is 0.918. The fourth-order valence-corrected chi connectivity index (χ4v) is 2.72. The number of nitrogens with zero attached hydrogens (tertiary/aromatic N) is 5. The molecule has 124 valence electrons. The maximum Gasteiger partial charge on any atom is 0.255 e. The minimum Gasteiger partial charge on any atom is -0.479 e. The Bertz CT molecular complexity index is 754. The molecular formula is C16H17FN6O. The van der Waals surface area contributed by atoms with E-state index in [2.05, 4.69) is 31.2 Å². The average molecular weight is 328 g/mol. The first-order valence-corrected chi connectivity index (χ1v) is 7.64. The van der Waals surface area contributed by atoms with Crippen molar-refractivity contribution in [2.45, 2.75) is 18.9 Å². The topological polar surface area (TPSA) is 87.0 Å². The molecule has 2 aromatic rings. The predicted octanol–water partition coefficient (Wildman–Crippen LogP) is 1.97. The number of halogens is 1. The Kier molecular flexibility index (Phi) is 4.70. The first kappa shape index (κ1) is 15.9. The SMILES string of the molecule is COc1nc(NC2CCN(c3ncccc3C#N)CC2)ncc1F. The number of rotatable bonds is 4. The van der Waals surface area contributed by atoms with E-state index in [4.69, 9.17) is 4.74 Å². The lowest BCUT2D eigenvalue weighted by Crippen LogP contribution is -2.40. The smallest absolute Gasteiger partial charge is 0.255 e. The number of nitriles is 1. The van der Waals surface area contributed by atoms with Crippen LogP contribution in [0.1, 0.15) is 18.4 Å². The van der Waals surface area contributed by atoms with Crippen LogP contribution in [0.15, 0.2) is 24.5 Å². The van der Waals surface area contributed by atoms with E-state index in [0.29, 0.717) is 11.5 Å². The number of methoxy groups -OCH3 is 1. The number of ether oxygens (including phenoxy) is 1. The van der Waals surface area contributed by atoms with Crippen LogP contribution in [0.5, 0.6) is 5.88 Å². The predicted molar refractivity (Wildman–Crippen MR) is 86.4 cm³/mol. The number of aromatic nitrogens is 3. The molecule has 0 atom stereocenters. The van der Waals surface area contributed by atoms with Crippen LogP contribution in [0, 0.1) is 17.1 Å². The molecule has 1 aliphatic heterocycles. The standard InChI is InChI=1S/C16H17FN6O/c1-24-15-13(17)10-20-16(22-15)21-12-4-7-23(8-5-12)14-11(9-18)3-2-6-19-14/h2-3,6,10,12H,4-5,7-8H2,1H3,(H,20,21,22). The van der Waals surface area contributed by atoms with Gasteiger partial charge in [-0.2, -0.15) is 14.6 Å². The molecule has 0 bridgehead atoms. The van der Waals surface area contributed by atoms with E-state index in [9.17, 15) is 9.65 Å². The summed E-state index contributed by atoms with van der Waals surface area (Å²) >= 11 is 0. The molecular weight excluding hydrogens is 311 g/mol. The minimum atomic E-state index is -0.586. The van der Waals surface area contributed by atoms with Gasteiger partial charge in [0.25, 0.3) is 5.88 Å². The Hall–Kier alpha value is -2.95. The summed E-state index contributed by atoms with van der Waals surface area (Å²) in [6.07, 6.45) is 4.46. The zero-order chi connectivity index (χ0) is 16.9. The van der Waals surface area contributed by atoms with Crippen molar-refractivity contribution in [3.8, 4) is 11.9 Å². The van der Waals surface area contributed by atoms with Gasteiger partial charge in [0.2, 0.25) is 11.8 Å². The van der Waals surface area contributed by atoms with E-state index < -0.39 is 5.82 Å². The van der Waals surface area contributed by atoms with Gasteiger partial charge in [-0.15, -0.1) is 0 Å². The van der Waals surface area contributed by atoms with Crippen molar-refractivity contribution in [3.63, 3.8) is 0 Å². The summed E-state index contributed by atoms with van der Waals surface area (Å²) < 4.78 is 18.2. The molecule has 0 unspecified atom stereocenters. The highest BCUT2D eigenvalue weighted by Gasteiger charge is 2.22. The van der Waals surface area contributed by atoms with Crippen LogP contribution in [0.2, 0.25) is 0 Å². The van der Waals surface area contributed by atoms with Crippen LogP contribution in [0.4, 0.5) is 16.2 Å². The first-order chi connectivity index (χ1) is 11.7. The molecule has 8 heteroatoms. The van der Waals surface area contributed by atoms with Crippen molar-refractivity contribution in [2.24, 2.45) is 0 Å². The fraction of sp³-hybridized carbons (Fsp3) is 0.375. The highest BCUT2D eigenvalue weighted by Crippen LogP contribution is 2.23. The third-order valence-electron chi connectivity index (χ3n) is 3.94. The maximum absolute atomic E-state index is 13.3. The summed E-state index contributed by atoms with van der Waals surface area (Å²) in [5.41, 5.74) is 0.579. The second-order valence-corrected chi connectivity index (χ2v) is 5.44. The van der Waals surface area contributed by atoms with E-state index in [1.165, 1.54) is 7.11 Å². The van der Waals surface area contributed by atoms with Crippen LogP contribution in [0.25, 0.3) is 0 Å². The normalized spacial score (nSPS) is 15.0. The van der Waals surface area contributed by atoms with Gasteiger partial charge in [0, 0.05) is 25.3 Å². The van der Waals surface area contributed by atoms with Crippen molar-refractivity contribution in [2.75, 3.05) is 30.4 Å². The summed E-state index contributed by atoms with van der Waals surface area (Å²) in [6, 6.07) is 5.87. The van der Waals surface area contributed by atoms with Gasteiger partial charge in [0.15, 0.2) is 0 Å². The molecule has 24 heavy (non-hydrogen) atoms. The minimum absolute atomic E-state index is 0.0721. The van der Waals surface area contributed by atoms with Gasteiger partial charge in [-0.3, -0.25) is 0 Å². The second-order valence-electron chi connectivity index (χ2n) is 5.44. The maximum atomic E-state index is 13.3. The molecule has 0 aromatic carbocycles. The van der Waals surface area contributed by atoms with Crippen molar-refractivity contribution >= 4 is 11.8 Å². The molecule has 0 radical (unpaired) electrons. The lowest BCUT2D eigenvalue weighted by molar-refractivity contribution is 0.367. The number of hydrogen-bond acceptors (Lipinski definition) is 7. The number of nitrogens with one attached hydrogen (secondary N) is 1. The van der Waals surface area contributed by atoms with E-state index in [1.807, 2.05) is 0 Å². The van der Waals surface area contributed by atoms with E-state index in [-0.39, 0.29) is 11.9 Å². The zero-order valence-electron chi connectivity index (χ0n) is 13.2. The highest BCUT2D eigenvalue weighted by molar-refractivity contribution is 5.53. The van der Waals surface area contributed by atoms with Crippen molar-refractivity contribution in [1.82, 2.24) is 15.0 Å². The van der Waals surface area contributed by atoms with Gasteiger partial charge >= 0.3 is 0 Å². The van der Waals surface area contributed by atoms with Gasteiger partial charge in [0.05, 0.1) is 18.9 Å². The largest absolute Gasteiger partial charge is 0.479 e. The molecule has 2 aromatic heterocycles. The highest BCUT2D eigenvalue weighted by atomic mass is 19.1. The Balaban J connectivity index is 1.62. The molecule has 1 saturated heterocycles. The summed E-state index contributed by atoms with van der Waals surface area (Å²) in [5, 5.41) is 12.4. The zero-order valence-corrected chi connectivity index (χ0v) is 13.2. The van der Waals surface area contributed by atoms with E-state index >= 15 is 0 Å². The van der Waals surface area contributed by atoms with Gasteiger partial charge in [-0.25, -0.2) is 9.97 Å². The summed E-state index contributed by atoms with van der Waals surface area (Å²) in [6.45, 7) is 1.53. The molecule has 1 N–H and O–H groups in total. The van der Waals surface area contributed by atoms with Crippen LogP contribution in [-0.2, 0) is 0 Å². The van der Waals surface area contributed by atoms with Gasteiger partial charge < -0.3 is 15.0 Å². The summed E-state index contributed by atoms with van der Waals surface area (Å²) in [7, 11) is 1.37. The van der Waals surface area contributed by atoms with Gasteiger partial charge in [-0.1, -0.05) is 0 Å². The average Bonchev–Trinajstić information content (AvgIpc) is 2.64. The van der Waals surface area contributed by atoms with Gasteiger partial charge in [-0.05, 0) is 25.0 Å². The molecule has 0 aliphatic carbocycles. The second kappa shape index (κ2) is 7.08. The molecule has 0 spiro atoms. The van der Waals surface area contributed by atoms with Crippen LogP contribution >= 0.6 is 0 Å². The molecule has 3 heterocycles. The molecule has 1 aliphatic rings. The Morgan fingerprint density at radius 2 is 2.17 bits per heavy atom. The van der Waals surface area contributed by atoms with Crippen molar-refractivity contribution < 1.29 is 9.13 Å². The van der Waals surface area contributed by atoms with Crippen LogP contribution in [-0.4, -0.2) is 41.2 Å². The third kappa shape index (κ3) is 3.35. The fourth-order valence-electron chi connectivity index (χ4n) is 2.72. The molecule has 0 saturated carbocycles. The lowest BCUT2D eigenvalue weighted by Gasteiger charge is -2.33. The van der Waals surface area contributed by atoms with Gasteiger partial charge in [0.1, 0.15) is 11.9 Å². The first-order valence-electron chi connectivity index (χ1n) is 7.64. The summed E-state index contributed by atoms with van der Waals surface area (Å²) in [4.78, 5) is 14.4. The Morgan fingerprint density at radius 1 is 1.38 bits per heavy atom. The molecule has 3 rings (SSSR count). The van der Waals surface area contributed by atoms with E-state index in [0.717, 1.165) is 37.9 Å². The number of pyridine rings is 1. The van der Waals surface area contributed by atoms with Crippen LogP contribution < -0.4 is 15.0 Å². The van der Waals surface area contributed by atoms with Crippen molar-refractivity contribution in [1.29, 1.82) is 5.26 Å². The number of hydrogen-bond donors (Lipinski definition) is 1. The third-order valence-corrected chi connectivity index (χ3v) is 3.94. The summed E-state index contributed by atoms with van der Waals surface area (Å²) in [5.74, 6) is 0.412. The molecule has 0 amide bonds. The lowest BCUT2D eigenvalue weighted by atomic mass is 10.0. The van der Waals surface area contributed by atoms with E-state index in [1.54, 1.807) is 18.3 Å². The molecule has 1 fully saturated rings. The Morgan fingerprint density at radius 3 is 2.88 bits per heavy atom. The molecule has 7 nitrogen and oxygen atoms in total.